The zero-order valence-corrected chi connectivity index (χ0v) is 12.5. The van der Waals surface area contributed by atoms with Crippen LogP contribution in [-0.2, 0) is 4.74 Å². The average molecular weight is 282 g/mol. The third-order valence-corrected chi connectivity index (χ3v) is 3.89. The van der Waals surface area contributed by atoms with Crippen LogP contribution in [0.5, 0.6) is 0 Å². The van der Waals surface area contributed by atoms with Crippen LogP contribution in [0, 0.1) is 5.92 Å². The molecule has 1 unspecified atom stereocenters. The van der Waals surface area contributed by atoms with Gasteiger partial charge in [0, 0.05) is 23.7 Å². The van der Waals surface area contributed by atoms with Crippen LogP contribution in [0.1, 0.15) is 44.3 Å². The Bertz CT molecular complexity index is 379. The predicted octanol–water partition coefficient (Wildman–Crippen LogP) is 4.20. The van der Waals surface area contributed by atoms with Gasteiger partial charge >= 0.3 is 0 Å². The van der Waals surface area contributed by atoms with Gasteiger partial charge in [0.1, 0.15) is 0 Å². The summed E-state index contributed by atoms with van der Waals surface area (Å²) < 4.78 is 6.06. The molecule has 0 aromatic heterocycles. The van der Waals surface area contributed by atoms with E-state index in [0.29, 0.717) is 0 Å². The lowest BCUT2D eigenvalue weighted by molar-refractivity contribution is 0.0488. The van der Waals surface area contributed by atoms with E-state index < -0.39 is 0 Å². The van der Waals surface area contributed by atoms with Gasteiger partial charge in [-0.05, 0) is 31.4 Å². The molecular weight excluding hydrogens is 258 g/mol. The largest absolute Gasteiger partial charge is 0.372 e. The predicted molar refractivity (Wildman–Crippen MR) is 80.6 cm³/mol. The lowest BCUT2D eigenvalue weighted by Gasteiger charge is -2.20. The van der Waals surface area contributed by atoms with Crippen LogP contribution in [0.4, 0.5) is 0 Å². The summed E-state index contributed by atoms with van der Waals surface area (Å²) in [7, 11) is 0. The Morgan fingerprint density at radius 1 is 1.37 bits per heavy atom. The smallest absolute Gasteiger partial charge is 0.0963 e. The highest BCUT2D eigenvalue weighted by molar-refractivity contribution is 6.31. The lowest BCUT2D eigenvalue weighted by Crippen LogP contribution is -2.24. The molecule has 1 aromatic rings. The van der Waals surface area contributed by atoms with Crippen molar-refractivity contribution < 1.29 is 4.74 Å². The van der Waals surface area contributed by atoms with E-state index in [4.69, 9.17) is 16.3 Å². The molecule has 1 saturated carbocycles. The fourth-order valence-electron chi connectivity index (χ4n) is 2.19. The maximum absolute atomic E-state index is 6.28. The highest BCUT2D eigenvalue weighted by Gasteiger charge is 2.22. The number of ether oxygens (including phenoxy) is 1. The van der Waals surface area contributed by atoms with Crippen molar-refractivity contribution in [2.24, 2.45) is 5.92 Å². The Labute approximate surface area is 121 Å². The van der Waals surface area contributed by atoms with Gasteiger partial charge in [-0.15, -0.1) is 0 Å². The first-order valence-electron chi connectivity index (χ1n) is 7.38. The molecule has 2 nitrogen and oxygen atoms in total. The lowest BCUT2D eigenvalue weighted by atomic mass is 10.1. The zero-order valence-electron chi connectivity index (χ0n) is 11.7. The van der Waals surface area contributed by atoms with Crippen molar-refractivity contribution in [1.82, 2.24) is 5.32 Å². The standard InChI is InChI=1S/C16H24ClNO/c1-2-10-18-12-16(19-11-9-13-7-8-13)14-5-3-4-6-15(14)17/h3-6,13,16,18H,2,7-12H2,1H3. The normalized spacial score (nSPS) is 16.5. The Balaban J connectivity index is 1.89. The van der Waals surface area contributed by atoms with Crippen LogP contribution >= 0.6 is 11.6 Å². The van der Waals surface area contributed by atoms with Gasteiger partial charge in [0.15, 0.2) is 0 Å². The van der Waals surface area contributed by atoms with Crippen molar-refractivity contribution in [2.45, 2.75) is 38.7 Å². The van der Waals surface area contributed by atoms with Crippen LogP contribution in [0.15, 0.2) is 24.3 Å². The summed E-state index contributed by atoms with van der Waals surface area (Å²) in [5.41, 5.74) is 1.10. The maximum Gasteiger partial charge on any atom is 0.0963 e. The van der Waals surface area contributed by atoms with E-state index in [9.17, 15) is 0 Å². The van der Waals surface area contributed by atoms with E-state index in [0.717, 1.165) is 42.6 Å². The van der Waals surface area contributed by atoms with E-state index >= 15 is 0 Å². The van der Waals surface area contributed by atoms with Gasteiger partial charge in [-0.3, -0.25) is 0 Å². The molecule has 1 aromatic carbocycles. The first kappa shape index (κ1) is 14.8. The number of hydrogen-bond donors (Lipinski definition) is 1. The van der Waals surface area contributed by atoms with Gasteiger partial charge in [-0.1, -0.05) is 49.6 Å². The SMILES string of the molecule is CCCNCC(OCCC1CC1)c1ccccc1Cl. The van der Waals surface area contributed by atoms with Gasteiger partial charge in [-0.25, -0.2) is 0 Å². The Hall–Kier alpha value is -0.570. The molecule has 0 heterocycles. The summed E-state index contributed by atoms with van der Waals surface area (Å²) in [4.78, 5) is 0. The number of nitrogens with one attached hydrogen (secondary N) is 1. The Kier molecular flexibility index (Phi) is 6.15. The molecule has 1 aliphatic carbocycles. The van der Waals surface area contributed by atoms with Gasteiger partial charge in [0.2, 0.25) is 0 Å². The van der Waals surface area contributed by atoms with Crippen molar-refractivity contribution in [3.8, 4) is 0 Å². The Morgan fingerprint density at radius 2 is 2.16 bits per heavy atom. The van der Waals surface area contributed by atoms with E-state index in [1.165, 1.54) is 19.3 Å². The second-order valence-corrected chi connectivity index (χ2v) is 5.72. The number of benzene rings is 1. The third-order valence-electron chi connectivity index (χ3n) is 3.55. The molecule has 3 heteroatoms. The van der Waals surface area contributed by atoms with Crippen molar-refractivity contribution in [2.75, 3.05) is 19.7 Å². The molecule has 1 fully saturated rings. The second kappa shape index (κ2) is 7.88. The number of hydrogen-bond acceptors (Lipinski definition) is 2. The van der Waals surface area contributed by atoms with Crippen LogP contribution in [-0.4, -0.2) is 19.7 Å². The van der Waals surface area contributed by atoms with Crippen molar-refractivity contribution >= 4 is 11.6 Å². The highest BCUT2D eigenvalue weighted by atomic mass is 35.5. The number of rotatable bonds is 9. The first-order chi connectivity index (χ1) is 9.31. The topological polar surface area (TPSA) is 21.3 Å². The molecule has 0 saturated heterocycles. The summed E-state index contributed by atoms with van der Waals surface area (Å²) >= 11 is 6.28. The summed E-state index contributed by atoms with van der Waals surface area (Å²) in [6.07, 6.45) is 5.16. The molecule has 1 aliphatic rings. The minimum Gasteiger partial charge on any atom is -0.372 e. The van der Waals surface area contributed by atoms with Crippen LogP contribution < -0.4 is 5.32 Å². The summed E-state index contributed by atoms with van der Waals surface area (Å²) in [5, 5.41) is 4.23. The molecule has 0 amide bonds. The highest BCUT2D eigenvalue weighted by Crippen LogP contribution is 2.33. The maximum atomic E-state index is 6.28. The van der Waals surface area contributed by atoms with Crippen molar-refractivity contribution in [3.05, 3.63) is 34.9 Å². The zero-order chi connectivity index (χ0) is 13.5. The van der Waals surface area contributed by atoms with E-state index in [-0.39, 0.29) is 6.10 Å². The summed E-state index contributed by atoms with van der Waals surface area (Å²) in [6.45, 7) is 4.87. The van der Waals surface area contributed by atoms with Gasteiger partial charge in [0.05, 0.1) is 6.10 Å². The van der Waals surface area contributed by atoms with Gasteiger partial charge in [-0.2, -0.15) is 0 Å². The van der Waals surface area contributed by atoms with E-state index in [2.05, 4.69) is 18.3 Å². The average Bonchev–Trinajstić information content (AvgIpc) is 3.22. The summed E-state index contributed by atoms with van der Waals surface area (Å²) in [6, 6.07) is 8.00. The summed E-state index contributed by atoms with van der Waals surface area (Å²) in [5.74, 6) is 0.912. The molecule has 2 rings (SSSR count). The molecule has 1 atom stereocenters. The third kappa shape index (κ3) is 5.13. The van der Waals surface area contributed by atoms with E-state index in [1.807, 2.05) is 18.2 Å². The second-order valence-electron chi connectivity index (χ2n) is 5.32. The molecule has 1 N–H and O–H groups in total. The minimum absolute atomic E-state index is 0.0685. The molecule has 0 aliphatic heterocycles. The van der Waals surface area contributed by atoms with Crippen LogP contribution in [0.2, 0.25) is 5.02 Å². The van der Waals surface area contributed by atoms with Gasteiger partial charge < -0.3 is 10.1 Å². The monoisotopic (exact) mass is 281 g/mol. The van der Waals surface area contributed by atoms with Crippen LogP contribution in [0.25, 0.3) is 0 Å². The van der Waals surface area contributed by atoms with Crippen LogP contribution in [0.3, 0.4) is 0 Å². The van der Waals surface area contributed by atoms with E-state index in [1.54, 1.807) is 0 Å². The minimum atomic E-state index is 0.0685. The molecule has 19 heavy (non-hydrogen) atoms. The van der Waals surface area contributed by atoms with Crippen molar-refractivity contribution in [3.63, 3.8) is 0 Å². The first-order valence-corrected chi connectivity index (χ1v) is 7.75. The van der Waals surface area contributed by atoms with Gasteiger partial charge in [0.25, 0.3) is 0 Å². The molecule has 0 radical (unpaired) electrons. The molecule has 0 bridgehead atoms. The quantitative estimate of drug-likeness (QED) is 0.685. The fraction of sp³-hybridized carbons (Fsp3) is 0.625. The number of halogens is 1. The fourth-order valence-corrected chi connectivity index (χ4v) is 2.45. The Morgan fingerprint density at radius 3 is 2.84 bits per heavy atom. The van der Waals surface area contributed by atoms with Crippen molar-refractivity contribution in [1.29, 1.82) is 0 Å². The molecule has 106 valence electrons. The molecular formula is C16H24ClNO. The molecule has 0 spiro atoms.